The monoisotopic (exact) mass is 306 g/mol. The zero-order valence-electron chi connectivity index (χ0n) is 2.72. The van der Waals surface area contributed by atoms with Gasteiger partial charge in [0.05, 0.1) is 0 Å². The Bertz CT molecular complexity index is 40.5. The third-order valence-corrected chi connectivity index (χ3v) is 3.99. The van der Waals surface area contributed by atoms with Crippen molar-refractivity contribution in [2.75, 3.05) is 0 Å². The van der Waals surface area contributed by atoms with Crippen LogP contribution in [0.4, 0.5) is 13.2 Å². The summed E-state index contributed by atoms with van der Waals surface area (Å²) in [4.78, 5) is 0. The summed E-state index contributed by atoms with van der Waals surface area (Å²) in [5, 5.41) is 0. The zero-order valence-corrected chi connectivity index (χ0v) is 8.97. The third kappa shape index (κ3) is 5.02. The van der Waals surface area contributed by atoms with E-state index >= 15 is 0 Å². The van der Waals surface area contributed by atoms with Crippen LogP contribution in [0.3, 0.4) is 0 Å². The maximum absolute atomic E-state index is 10.8. The first kappa shape index (κ1) is 7.02. The molecule has 5 heteroatoms. The summed E-state index contributed by atoms with van der Waals surface area (Å²) in [5.41, 5.74) is 0. The topological polar surface area (TPSA) is 0 Å². The van der Waals surface area contributed by atoms with Crippen molar-refractivity contribution in [3.05, 3.63) is 0 Å². The summed E-state index contributed by atoms with van der Waals surface area (Å²) in [7, 11) is 4.57. The van der Waals surface area contributed by atoms with Gasteiger partial charge in [-0.3, -0.25) is 0 Å². The second-order valence-corrected chi connectivity index (χ2v) is 7.25. The molecular weight excluding hydrogens is 305 g/mol. The SMILES string of the molecule is F[C](F)(F)[Hg][Cl]. The van der Waals surface area contributed by atoms with Gasteiger partial charge in [0.2, 0.25) is 0 Å². The van der Waals surface area contributed by atoms with E-state index in [1.54, 1.807) is 0 Å². The minimum absolute atomic E-state index is 2.89. The molecule has 0 aliphatic heterocycles. The molecule has 0 saturated heterocycles. The maximum atomic E-state index is 10.8. The van der Waals surface area contributed by atoms with Crippen molar-refractivity contribution < 1.29 is 36.5 Å². The van der Waals surface area contributed by atoms with Crippen LogP contribution in [0.2, 0.25) is 0 Å². The van der Waals surface area contributed by atoms with Gasteiger partial charge in [-0.15, -0.1) is 0 Å². The molecule has 0 aromatic heterocycles. The van der Waals surface area contributed by atoms with Crippen LogP contribution in [-0.4, -0.2) is 3.69 Å². The Hall–Kier alpha value is 1.02. The van der Waals surface area contributed by atoms with Gasteiger partial charge in [0.15, 0.2) is 0 Å². The predicted octanol–water partition coefficient (Wildman–Crippen LogP) is 1.74. The molecular formula is CClF3Hg. The van der Waals surface area contributed by atoms with Gasteiger partial charge in [0.25, 0.3) is 0 Å². The molecule has 0 bridgehead atoms. The Morgan fingerprint density at radius 1 is 1.33 bits per heavy atom. The molecule has 6 heavy (non-hydrogen) atoms. The van der Waals surface area contributed by atoms with E-state index in [2.05, 4.69) is 8.25 Å². The second kappa shape index (κ2) is 2.35. The Kier molecular flexibility index (Phi) is 2.75. The molecule has 0 saturated carbocycles. The Labute approximate surface area is 48.5 Å². The summed E-state index contributed by atoms with van der Waals surface area (Å²) in [6, 6.07) is 0. The van der Waals surface area contributed by atoms with Crippen LogP contribution >= 0.6 is 8.25 Å². The van der Waals surface area contributed by atoms with E-state index in [9.17, 15) is 13.2 Å². The molecule has 0 N–H and O–H groups in total. The van der Waals surface area contributed by atoms with E-state index in [0.29, 0.717) is 0 Å². The van der Waals surface area contributed by atoms with Crippen molar-refractivity contribution in [2.24, 2.45) is 0 Å². The van der Waals surface area contributed by atoms with E-state index < -0.39 is 27.0 Å². The normalized spacial score (nSPS) is 10.7. The molecule has 0 fully saturated rings. The molecule has 0 aromatic rings. The van der Waals surface area contributed by atoms with Crippen LogP contribution in [0.15, 0.2) is 0 Å². The summed E-state index contributed by atoms with van der Waals surface area (Å²) in [6.07, 6.45) is 0. The number of hydrogen-bond acceptors (Lipinski definition) is 0. The summed E-state index contributed by atoms with van der Waals surface area (Å²) in [6.45, 7) is 0. The van der Waals surface area contributed by atoms with Gasteiger partial charge in [-0.05, 0) is 0 Å². The molecule has 0 atom stereocenters. The van der Waals surface area contributed by atoms with Crippen LogP contribution in [0.5, 0.6) is 0 Å². The molecule has 0 aliphatic carbocycles. The average Bonchev–Trinajstić information content (AvgIpc) is 1.35. The number of halogens is 4. The summed E-state index contributed by atoms with van der Waals surface area (Å²) < 4.78 is 28.3. The van der Waals surface area contributed by atoms with Crippen LogP contribution in [0, 0.1) is 0 Å². The zero-order chi connectivity index (χ0) is 5.21. The van der Waals surface area contributed by atoms with Crippen LogP contribution in [-0.2, 0) is 23.3 Å². The second-order valence-electron chi connectivity index (χ2n) is 0.749. The van der Waals surface area contributed by atoms with Gasteiger partial charge in [-0.25, -0.2) is 0 Å². The van der Waals surface area contributed by atoms with E-state index in [0.717, 1.165) is 0 Å². The molecule has 0 amide bonds. The molecule has 0 rings (SSSR count). The molecule has 0 unspecified atom stereocenters. The van der Waals surface area contributed by atoms with Gasteiger partial charge in [0, 0.05) is 0 Å². The van der Waals surface area contributed by atoms with Gasteiger partial charge >= 0.3 is 48.4 Å². The van der Waals surface area contributed by atoms with Crippen LogP contribution < -0.4 is 0 Å². The molecule has 0 radical (unpaired) electrons. The van der Waals surface area contributed by atoms with Gasteiger partial charge in [0.1, 0.15) is 0 Å². The first-order valence-electron chi connectivity index (χ1n) is 1.19. The first-order valence-corrected chi connectivity index (χ1v) is 10.7. The van der Waals surface area contributed by atoms with Crippen molar-refractivity contribution in [2.45, 2.75) is 3.69 Å². The van der Waals surface area contributed by atoms with Gasteiger partial charge in [-0.1, -0.05) is 0 Å². The van der Waals surface area contributed by atoms with Crippen molar-refractivity contribution >= 4 is 8.25 Å². The van der Waals surface area contributed by atoms with E-state index in [-0.39, 0.29) is 0 Å². The first-order chi connectivity index (χ1) is 2.56. The van der Waals surface area contributed by atoms with E-state index in [1.807, 2.05) is 0 Å². The van der Waals surface area contributed by atoms with Crippen molar-refractivity contribution in [3.8, 4) is 0 Å². The van der Waals surface area contributed by atoms with Crippen molar-refractivity contribution in [3.63, 3.8) is 0 Å². The predicted molar refractivity (Wildman–Crippen MR) is 11.9 cm³/mol. The molecule has 0 nitrogen and oxygen atoms in total. The quantitative estimate of drug-likeness (QED) is 0.598. The fourth-order valence-electron chi connectivity index (χ4n) is 0. The Balaban J connectivity index is 3.17. The average molecular weight is 305 g/mol. The number of hydrogen-bond donors (Lipinski definition) is 0. The summed E-state index contributed by atoms with van der Waals surface area (Å²) in [5.74, 6) is 0. The standard InChI is InChI=1S/CF3.ClH.Hg/c2-1(3)4;;/h;1H;/q;;+1/p-1. The number of alkyl halides is 3. The molecule has 0 heterocycles. The van der Waals surface area contributed by atoms with Gasteiger partial charge < -0.3 is 0 Å². The molecule has 0 spiro atoms. The molecule has 0 aliphatic rings. The fourth-order valence-corrected chi connectivity index (χ4v) is 0. The fraction of sp³-hybridized carbons (Fsp3) is 1.00. The van der Waals surface area contributed by atoms with E-state index in [1.165, 1.54) is 0 Å². The Morgan fingerprint density at radius 3 is 1.50 bits per heavy atom. The third-order valence-electron chi connectivity index (χ3n) is 0.152. The van der Waals surface area contributed by atoms with E-state index in [4.69, 9.17) is 0 Å². The minimum atomic E-state index is -3.97. The summed E-state index contributed by atoms with van der Waals surface area (Å²) >= 11 is -2.89. The van der Waals surface area contributed by atoms with Crippen molar-refractivity contribution in [1.82, 2.24) is 0 Å². The molecule has 34 valence electrons. The van der Waals surface area contributed by atoms with Crippen LogP contribution in [0.25, 0.3) is 0 Å². The Morgan fingerprint density at radius 2 is 1.50 bits per heavy atom. The van der Waals surface area contributed by atoms with Crippen LogP contribution in [0.1, 0.15) is 0 Å². The number of rotatable bonds is 0. The van der Waals surface area contributed by atoms with Crippen molar-refractivity contribution in [1.29, 1.82) is 0 Å². The van der Waals surface area contributed by atoms with Gasteiger partial charge in [-0.2, -0.15) is 0 Å². The molecule has 0 aromatic carbocycles.